The van der Waals surface area contributed by atoms with Gasteiger partial charge in [-0.2, -0.15) is 4.98 Å². The molecule has 4 nitrogen and oxygen atoms in total. The predicted molar refractivity (Wildman–Crippen MR) is 79.7 cm³/mol. The molecule has 1 heterocycles. The van der Waals surface area contributed by atoms with E-state index in [9.17, 15) is 0 Å². The lowest BCUT2D eigenvalue weighted by Crippen LogP contribution is -2.23. The van der Waals surface area contributed by atoms with E-state index in [4.69, 9.17) is 16.1 Å². The second kappa shape index (κ2) is 6.86. The predicted octanol–water partition coefficient (Wildman–Crippen LogP) is 4.09. The standard InChI is InChI=1S/C15H20ClN3O/c1-4-7-14-18-15(20-19-14)11(3)17-10(2)12-8-5-6-9-13(12)16/h5-6,8-11,17H,4,7H2,1-3H3/t10-,11+/m0/s1. The van der Waals surface area contributed by atoms with Crippen LogP contribution in [0.2, 0.25) is 5.02 Å². The summed E-state index contributed by atoms with van der Waals surface area (Å²) in [6.45, 7) is 6.18. The van der Waals surface area contributed by atoms with Crippen molar-refractivity contribution < 1.29 is 4.52 Å². The molecule has 0 aliphatic carbocycles. The molecule has 0 amide bonds. The van der Waals surface area contributed by atoms with Crippen LogP contribution in [0.15, 0.2) is 28.8 Å². The van der Waals surface area contributed by atoms with Crippen LogP contribution in [0.25, 0.3) is 0 Å². The van der Waals surface area contributed by atoms with Crippen LogP contribution in [0.4, 0.5) is 0 Å². The SMILES string of the molecule is CCCc1noc([C@@H](C)N[C@@H](C)c2ccccc2Cl)n1. The van der Waals surface area contributed by atoms with E-state index in [1.807, 2.05) is 31.2 Å². The number of hydrogen-bond donors (Lipinski definition) is 1. The quantitative estimate of drug-likeness (QED) is 0.871. The molecule has 2 atom stereocenters. The van der Waals surface area contributed by atoms with Crippen molar-refractivity contribution in [1.29, 1.82) is 0 Å². The Morgan fingerprint density at radius 1 is 1.25 bits per heavy atom. The molecular weight excluding hydrogens is 274 g/mol. The van der Waals surface area contributed by atoms with Gasteiger partial charge in [-0.3, -0.25) is 5.32 Å². The number of nitrogens with one attached hydrogen (secondary N) is 1. The van der Waals surface area contributed by atoms with Gasteiger partial charge in [0.05, 0.1) is 6.04 Å². The Labute approximate surface area is 124 Å². The van der Waals surface area contributed by atoms with Gasteiger partial charge >= 0.3 is 0 Å². The lowest BCUT2D eigenvalue weighted by molar-refractivity contribution is 0.325. The van der Waals surface area contributed by atoms with Crippen LogP contribution in [-0.2, 0) is 6.42 Å². The molecule has 0 aliphatic rings. The largest absolute Gasteiger partial charge is 0.338 e. The summed E-state index contributed by atoms with van der Waals surface area (Å²) in [5.74, 6) is 1.38. The van der Waals surface area contributed by atoms with Crippen LogP contribution in [-0.4, -0.2) is 10.1 Å². The van der Waals surface area contributed by atoms with Crippen molar-refractivity contribution in [3.05, 3.63) is 46.6 Å². The van der Waals surface area contributed by atoms with E-state index in [-0.39, 0.29) is 12.1 Å². The van der Waals surface area contributed by atoms with Crippen LogP contribution in [0, 0.1) is 0 Å². The van der Waals surface area contributed by atoms with Crippen molar-refractivity contribution >= 4 is 11.6 Å². The van der Waals surface area contributed by atoms with Crippen molar-refractivity contribution in [1.82, 2.24) is 15.5 Å². The topological polar surface area (TPSA) is 51.0 Å². The van der Waals surface area contributed by atoms with Crippen molar-refractivity contribution in [2.24, 2.45) is 0 Å². The maximum Gasteiger partial charge on any atom is 0.243 e. The van der Waals surface area contributed by atoms with E-state index >= 15 is 0 Å². The van der Waals surface area contributed by atoms with Crippen molar-refractivity contribution in [2.75, 3.05) is 0 Å². The molecule has 1 aromatic heterocycles. The fourth-order valence-electron chi connectivity index (χ4n) is 2.13. The maximum absolute atomic E-state index is 6.20. The second-order valence-corrected chi connectivity index (χ2v) is 5.34. The van der Waals surface area contributed by atoms with Gasteiger partial charge in [0.2, 0.25) is 5.89 Å². The first kappa shape index (κ1) is 15.0. The molecule has 2 aromatic rings. The van der Waals surface area contributed by atoms with E-state index in [1.165, 1.54) is 0 Å². The maximum atomic E-state index is 6.20. The van der Waals surface area contributed by atoms with E-state index < -0.39 is 0 Å². The van der Waals surface area contributed by atoms with Crippen LogP contribution in [0.1, 0.15) is 56.6 Å². The molecule has 5 heteroatoms. The third-order valence-corrected chi connectivity index (χ3v) is 3.54. The number of rotatable bonds is 6. The smallest absolute Gasteiger partial charge is 0.243 e. The van der Waals surface area contributed by atoms with Gasteiger partial charge in [0.1, 0.15) is 0 Å². The first-order valence-electron chi connectivity index (χ1n) is 6.94. The minimum Gasteiger partial charge on any atom is -0.338 e. The average molecular weight is 294 g/mol. The number of hydrogen-bond acceptors (Lipinski definition) is 4. The molecule has 0 fully saturated rings. The minimum absolute atomic E-state index is 0.0145. The first-order valence-corrected chi connectivity index (χ1v) is 7.32. The molecule has 108 valence electrons. The van der Waals surface area contributed by atoms with Gasteiger partial charge in [-0.1, -0.05) is 41.9 Å². The van der Waals surface area contributed by atoms with Gasteiger partial charge in [-0.05, 0) is 31.9 Å². The van der Waals surface area contributed by atoms with Crippen molar-refractivity contribution in [3.8, 4) is 0 Å². The normalized spacial score (nSPS) is 14.2. The number of halogens is 1. The van der Waals surface area contributed by atoms with E-state index in [0.717, 1.165) is 29.3 Å². The molecule has 0 aliphatic heterocycles. The summed E-state index contributed by atoms with van der Waals surface area (Å²) in [5.41, 5.74) is 1.06. The molecular formula is C15H20ClN3O. The molecule has 2 rings (SSSR count). The number of aryl methyl sites for hydroxylation is 1. The highest BCUT2D eigenvalue weighted by molar-refractivity contribution is 6.31. The highest BCUT2D eigenvalue weighted by Gasteiger charge is 2.18. The highest BCUT2D eigenvalue weighted by Crippen LogP contribution is 2.24. The van der Waals surface area contributed by atoms with Crippen molar-refractivity contribution in [2.45, 2.75) is 45.7 Å². The molecule has 1 N–H and O–H groups in total. The van der Waals surface area contributed by atoms with E-state index in [0.29, 0.717) is 5.89 Å². The fraction of sp³-hybridized carbons (Fsp3) is 0.467. The van der Waals surface area contributed by atoms with Crippen LogP contribution >= 0.6 is 11.6 Å². The Morgan fingerprint density at radius 2 is 2.00 bits per heavy atom. The van der Waals surface area contributed by atoms with Gasteiger partial charge in [0.25, 0.3) is 0 Å². The average Bonchev–Trinajstić information content (AvgIpc) is 2.88. The Kier molecular flexibility index (Phi) is 5.15. The van der Waals surface area contributed by atoms with Crippen molar-refractivity contribution in [3.63, 3.8) is 0 Å². The molecule has 0 saturated carbocycles. The third-order valence-electron chi connectivity index (χ3n) is 3.20. The van der Waals surface area contributed by atoms with Crippen LogP contribution < -0.4 is 5.32 Å². The number of aromatic nitrogens is 2. The Balaban J connectivity index is 2.03. The van der Waals surface area contributed by atoms with Gasteiger partial charge < -0.3 is 4.52 Å². The summed E-state index contributed by atoms with van der Waals surface area (Å²) in [7, 11) is 0. The summed E-state index contributed by atoms with van der Waals surface area (Å²) in [6.07, 6.45) is 1.85. The van der Waals surface area contributed by atoms with Crippen LogP contribution in [0.5, 0.6) is 0 Å². The molecule has 0 bridgehead atoms. The number of benzene rings is 1. The van der Waals surface area contributed by atoms with Gasteiger partial charge in [0.15, 0.2) is 5.82 Å². The highest BCUT2D eigenvalue weighted by atomic mass is 35.5. The van der Waals surface area contributed by atoms with Gasteiger partial charge in [-0.15, -0.1) is 0 Å². The summed E-state index contributed by atoms with van der Waals surface area (Å²) < 4.78 is 5.29. The molecule has 20 heavy (non-hydrogen) atoms. The summed E-state index contributed by atoms with van der Waals surface area (Å²) >= 11 is 6.20. The summed E-state index contributed by atoms with van der Waals surface area (Å²) in [6, 6.07) is 7.92. The summed E-state index contributed by atoms with van der Waals surface area (Å²) in [5, 5.41) is 8.16. The lowest BCUT2D eigenvalue weighted by atomic mass is 10.1. The fourth-order valence-corrected chi connectivity index (χ4v) is 2.43. The third kappa shape index (κ3) is 3.58. The van der Waals surface area contributed by atoms with Gasteiger partial charge in [-0.25, -0.2) is 0 Å². The zero-order valence-corrected chi connectivity index (χ0v) is 12.8. The Morgan fingerprint density at radius 3 is 2.70 bits per heavy atom. The zero-order valence-electron chi connectivity index (χ0n) is 12.1. The van der Waals surface area contributed by atoms with E-state index in [2.05, 4.69) is 29.3 Å². The van der Waals surface area contributed by atoms with E-state index in [1.54, 1.807) is 0 Å². The molecule has 0 spiro atoms. The first-order chi connectivity index (χ1) is 9.61. The Hall–Kier alpha value is -1.39. The lowest BCUT2D eigenvalue weighted by Gasteiger charge is -2.18. The monoisotopic (exact) mass is 293 g/mol. The summed E-state index contributed by atoms with van der Waals surface area (Å²) in [4.78, 5) is 4.40. The minimum atomic E-state index is -0.0145. The second-order valence-electron chi connectivity index (χ2n) is 4.93. The van der Waals surface area contributed by atoms with Gasteiger partial charge in [0, 0.05) is 17.5 Å². The zero-order chi connectivity index (χ0) is 14.5. The molecule has 1 aromatic carbocycles. The molecule has 0 radical (unpaired) electrons. The number of nitrogens with zero attached hydrogens (tertiary/aromatic N) is 2. The Bertz CT molecular complexity index is 556. The molecule has 0 saturated heterocycles. The molecule has 0 unspecified atom stereocenters. The van der Waals surface area contributed by atoms with Crippen LogP contribution in [0.3, 0.4) is 0 Å².